The fraction of sp³-hybridized carbons (Fsp3) is 0.118. The summed E-state index contributed by atoms with van der Waals surface area (Å²) in [7, 11) is 1.33. The smallest absolute Gasteiger partial charge is 0.334 e. The van der Waals surface area contributed by atoms with Crippen molar-refractivity contribution in [2.45, 2.75) is 4.90 Å². The average Bonchev–Trinajstić information content (AvgIpc) is 2.61. The zero-order valence-corrected chi connectivity index (χ0v) is 14.4. The second-order valence-electron chi connectivity index (χ2n) is 4.66. The predicted molar refractivity (Wildman–Crippen MR) is 97.4 cm³/mol. The number of benzene rings is 2. The molecule has 0 saturated carbocycles. The largest absolute Gasteiger partial charge is 0.466 e. The van der Waals surface area contributed by atoms with Gasteiger partial charge in [0.2, 0.25) is 0 Å². The van der Waals surface area contributed by atoms with Crippen molar-refractivity contribution in [3.63, 3.8) is 0 Å². The fourth-order valence-corrected chi connectivity index (χ4v) is 2.99. The van der Waals surface area contributed by atoms with Crippen LogP contribution in [0.15, 0.2) is 64.1 Å². The van der Waals surface area contributed by atoms with E-state index in [1.807, 2.05) is 30.3 Å². The van der Waals surface area contributed by atoms with Gasteiger partial charge in [-0.2, -0.15) is 0 Å². The molecule has 0 saturated heterocycles. The summed E-state index contributed by atoms with van der Waals surface area (Å²) in [4.78, 5) is 15.9. The summed E-state index contributed by atoms with van der Waals surface area (Å²) >= 11 is 7.51. The third-order valence-electron chi connectivity index (χ3n) is 3.06. The fourth-order valence-electron chi connectivity index (χ4n) is 1.94. The first-order valence-electron chi connectivity index (χ1n) is 6.95. The van der Waals surface area contributed by atoms with Crippen molar-refractivity contribution in [2.75, 3.05) is 12.9 Å². The molecular formula is C17H14ClN3O2S. The van der Waals surface area contributed by atoms with Crippen LogP contribution in [0, 0.1) is 0 Å². The summed E-state index contributed by atoms with van der Waals surface area (Å²) in [6.45, 7) is 0. The normalized spacial score (nSPS) is 10.8. The van der Waals surface area contributed by atoms with Crippen molar-refractivity contribution in [2.24, 2.45) is 5.11 Å². The van der Waals surface area contributed by atoms with Crippen LogP contribution in [-0.4, -0.2) is 18.8 Å². The molecule has 0 amide bonds. The molecule has 7 heteroatoms. The van der Waals surface area contributed by atoms with E-state index in [0.29, 0.717) is 27.6 Å². The summed E-state index contributed by atoms with van der Waals surface area (Å²) in [5.41, 5.74) is 10.1. The van der Waals surface area contributed by atoms with E-state index in [9.17, 15) is 4.79 Å². The summed E-state index contributed by atoms with van der Waals surface area (Å²) in [5.74, 6) is -0.0240. The van der Waals surface area contributed by atoms with E-state index in [2.05, 4.69) is 10.0 Å². The molecule has 0 fully saturated rings. The zero-order chi connectivity index (χ0) is 17.4. The van der Waals surface area contributed by atoms with Crippen molar-refractivity contribution >= 4 is 41.1 Å². The van der Waals surface area contributed by atoms with Crippen LogP contribution >= 0.6 is 23.4 Å². The Hall–Kier alpha value is -2.40. The minimum absolute atomic E-state index is 0.396. The van der Waals surface area contributed by atoms with E-state index < -0.39 is 5.97 Å². The highest BCUT2D eigenvalue weighted by atomic mass is 35.5. The number of thioether (sulfide) groups is 1. The molecule has 0 aliphatic carbocycles. The van der Waals surface area contributed by atoms with E-state index in [4.69, 9.17) is 21.9 Å². The Balaban J connectivity index is 2.33. The molecule has 0 aromatic heterocycles. The lowest BCUT2D eigenvalue weighted by Crippen LogP contribution is -2.07. The van der Waals surface area contributed by atoms with Crippen LogP contribution in [0.2, 0.25) is 5.02 Å². The van der Waals surface area contributed by atoms with Gasteiger partial charge in [-0.25, -0.2) is 4.79 Å². The van der Waals surface area contributed by atoms with Gasteiger partial charge in [0.05, 0.1) is 7.11 Å². The number of ether oxygens (including phenoxy) is 1. The maximum atomic E-state index is 12.1. The highest BCUT2D eigenvalue weighted by Gasteiger charge is 2.12. The van der Waals surface area contributed by atoms with Crippen molar-refractivity contribution in [1.82, 2.24) is 0 Å². The minimum Gasteiger partial charge on any atom is -0.466 e. The molecule has 5 nitrogen and oxygen atoms in total. The van der Waals surface area contributed by atoms with Crippen LogP contribution < -0.4 is 0 Å². The summed E-state index contributed by atoms with van der Waals surface area (Å²) in [6.07, 6.45) is 1.64. The molecule has 0 heterocycles. The molecule has 24 heavy (non-hydrogen) atoms. The Kier molecular flexibility index (Phi) is 6.75. The van der Waals surface area contributed by atoms with Crippen LogP contribution in [-0.2, 0) is 9.53 Å². The van der Waals surface area contributed by atoms with Crippen molar-refractivity contribution in [1.29, 1.82) is 0 Å². The van der Waals surface area contributed by atoms with E-state index in [-0.39, 0.29) is 0 Å². The first-order valence-corrected chi connectivity index (χ1v) is 8.32. The van der Waals surface area contributed by atoms with Crippen LogP contribution in [0.3, 0.4) is 0 Å². The van der Waals surface area contributed by atoms with Crippen LogP contribution in [0.25, 0.3) is 16.5 Å². The highest BCUT2D eigenvalue weighted by Crippen LogP contribution is 2.28. The molecule has 0 aliphatic rings. The number of methoxy groups -OCH3 is 1. The van der Waals surface area contributed by atoms with Gasteiger partial charge in [-0.15, -0.1) is 11.8 Å². The predicted octanol–water partition coefficient (Wildman–Crippen LogP) is 5.63. The quantitative estimate of drug-likeness (QED) is 0.167. The van der Waals surface area contributed by atoms with Gasteiger partial charge >= 0.3 is 5.97 Å². The van der Waals surface area contributed by atoms with Crippen LogP contribution in [0.1, 0.15) is 5.56 Å². The highest BCUT2D eigenvalue weighted by molar-refractivity contribution is 7.99. The molecular weight excluding hydrogens is 346 g/mol. The molecule has 2 aromatic carbocycles. The molecule has 0 radical (unpaired) electrons. The second kappa shape index (κ2) is 9.03. The maximum Gasteiger partial charge on any atom is 0.334 e. The number of hydrogen-bond donors (Lipinski definition) is 0. The van der Waals surface area contributed by atoms with Gasteiger partial charge in [0.1, 0.15) is 0 Å². The van der Waals surface area contributed by atoms with Crippen LogP contribution in [0.5, 0.6) is 0 Å². The van der Waals surface area contributed by atoms with E-state index in [0.717, 1.165) is 4.90 Å². The van der Waals surface area contributed by atoms with E-state index in [1.165, 1.54) is 18.9 Å². The number of carbonyl (C=O) groups is 1. The molecule has 0 spiro atoms. The monoisotopic (exact) mass is 359 g/mol. The number of halogens is 1. The van der Waals surface area contributed by atoms with Crippen LogP contribution in [0.4, 0.5) is 5.69 Å². The summed E-state index contributed by atoms with van der Waals surface area (Å²) < 4.78 is 4.85. The lowest BCUT2D eigenvalue weighted by Gasteiger charge is -2.07. The minimum atomic E-state index is -0.440. The Morgan fingerprint density at radius 2 is 2.08 bits per heavy atom. The number of nitrogens with zero attached hydrogens (tertiary/aromatic N) is 3. The van der Waals surface area contributed by atoms with Gasteiger partial charge in [-0.3, -0.25) is 0 Å². The number of esters is 1. The third-order valence-corrected chi connectivity index (χ3v) is 4.35. The van der Waals surface area contributed by atoms with Crippen molar-refractivity contribution < 1.29 is 9.53 Å². The maximum absolute atomic E-state index is 12.1. The van der Waals surface area contributed by atoms with Gasteiger partial charge in [0.15, 0.2) is 0 Å². The lowest BCUT2D eigenvalue weighted by atomic mass is 10.1. The van der Waals surface area contributed by atoms with E-state index in [1.54, 1.807) is 24.3 Å². The molecule has 0 bridgehead atoms. The first kappa shape index (κ1) is 17.9. The third kappa shape index (κ3) is 5.06. The van der Waals surface area contributed by atoms with Gasteiger partial charge in [-0.1, -0.05) is 41.0 Å². The van der Waals surface area contributed by atoms with Gasteiger partial charge in [0.25, 0.3) is 0 Å². The molecule has 0 aliphatic heterocycles. The summed E-state index contributed by atoms with van der Waals surface area (Å²) in [6, 6.07) is 14.6. The Bertz CT molecular complexity index is 803. The summed E-state index contributed by atoms with van der Waals surface area (Å²) in [5, 5.41) is 4.11. The Labute approximate surface area is 148 Å². The number of azide groups is 1. The van der Waals surface area contributed by atoms with Gasteiger partial charge < -0.3 is 4.74 Å². The molecule has 0 unspecified atom stereocenters. The zero-order valence-electron chi connectivity index (χ0n) is 12.8. The Morgan fingerprint density at radius 1 is 1.33 bits per heavy atom. The second-order valence-corrected chi connectivity index (χ2v) is 6.14. The van der Waals surface area contributed by atoms with Crippen molar-refractivity contribution in [3.05, 3.63) is 75.1 Å². The first-order chi connectivity index (χ1) is 11.6. The lowest BCUT2D eigenvalue weighted by molar-refractivity contribution is -0.135. The molecule has 0 atom stereocenters. The topological polar surface area (TPSA) is 75.1 Å². The number of carbonyl (C=O) groups excluding carboxylic acids is 1. The SMILES string of the molecule is COC(=O)/C(=C/c1cc(Cl)ccc1N=[N+]=[N-])CSc1ccccc1. The number of hydrogen-bond acceptors (Lipinski definition) is 4. The molecule has 0 N–H and O–H groups in total. The standard InChI is InChI=1S/C17H14ClN3O2S/c1-23-17(22)13(11-24-15-5-3-2-4-6-15)9-12-10-14(18)7-8-16(12)20-21-19/h2-10H,11H2,1H3/b13-9+. The van der Waals surface area contributed by atoms with Gasteiger partial charge in [-0.05, 0) is 41.4 Å². The Morgan fingerprint density at radius 3 is 2.75 bits per heavy atom. The average molecular weight is 360 g/mol. The molecule has 2 rings (SSSR count). The number of rotatable bonds is 6. The molecule has 2 aromatic rings. The molecule has 122 valence electrons. The van der Waals surface area contributed by atoms with Crippen molar-refractivity contribution in [3.8, 4) is 0 Å². The van der Waals surface area contributed by atoms with E-state index >= 15 is 0 Å². The van der Waals surface area contributed by atoms with Gasteiger partial charge in [0, 0.05) is 31.8 Å².